The van der Waals surface area contributed by atoms with Crippen molar-refractivity contribution in [2.75, 3.05) is 13.2 Å². The second-order valence-corrected chi connectivity index (χ2v) is 7.20. The van der Waals surface area contributed by atoms with Crippen molar-refractivity contribution in [3.63, 3.8) is 0 Å². The van der Waals surface area contributed by atoms with Gasteiger partial charge in [0.2, 0.25) is 5.91 Å². The zero-order valence-corrected chi connectivity index (χ0v) is 17.2. The minimum absolute atomic E-state index is 0.00611. The van der Waals surface area contributed by atoms with Crippen LogP contribution in [0.5, 0.6) is 11.5 Å². The third-order valence-electron chi connectivity index (χ3n) is 4.97. The van der Waals surface area contributed by atoms with Gasteiger partial charge in [-0.05, 0) is 55.2 Å². The summed E-state index contributed by atoms with van der Waals surface area (Å²) < 4.78 is 11.2. The van der Waals surface area contributed by atoms with Gasteiger partial charge in [0, 0.05) is 12.6 Å². The van der Waals surface area contributed by atoms with Crippen LogP contribution in [0.1, 0.15) is 50.3 Å². The first-order valence-corrected chi connectivity index (χ1v) is 10.4. The fraction of sp³-hybridized carbons (Fsp3) is 0.435. The molecule has 6 heteroatoms. The zero-order valence-electron chi connectivity index (χ0n) is 17.2. The van der Waals surface area contributed by atoms with Gasteiger partial charge in [-0.1, -0.05) is 37.6 Å². The Morgan fingerprint density at radius 2 is 1.69 bits per heavy atom. The third kappa shape index (κ3) is 6.21. The molecule has 1 amide bonds. The first kappa shape index (κ1) is 21.1. The van der Waals surface area contributed by atoms with Gasteiger partial charge in [-0.2, -0.15) is 0 Å². The van der Waals surface area contributed by atoms with Crippen LogP contribution in [-0.4, -0.2) is 25.2 Å². The number of carbonyl (C=O) groups is 1. The number of amides is 1. The van der Waals surface area contributed by atoms with Crippen molar-refractivity contribution in [1.82, 2.24) is 16.2 Å². The van der Waals surface area contributed by atoms with Gasteiger partial charge in [-0.25, -0.2) is 10.9 Å². The summed E-state index contributed by atoms with van der Waals surface area (Å²) in [5.41, 5.74) is 8.52. The van der Waals surface area contributed by atoms with E-state index in [9.17, 15) is 4.79 Å². The smallest absolute Gasteiger partial charge is 0.238 e. The van der Waals surface area contributed by atoms with Crippen LogP contribution in [-0.2, 0) is 11.3 Å². The lowest BCUT2D eigenvalue weighted by Crippen LogP contribution is -2.42. The van der Waals surface area contributed by atoms with E-state index in [2.05, 4.69) is 35.2 Å². The molecule has 3 rings (SSSR count). The molecular formula is C23H31N3O3. The molecule has 2 atom stereocenters. The average molecular weight is 398 g/mol. The fourth-order valence-corrected chi connectivity index (χ4v) is 3.26. The first-order valence-electron chi connectivity index (χ1n) is 10.4. The van der Waals surface area contributed by atoms with E-state index >= 15 is 0 Å². The van der Waals surface area contributed by atoms with E-state index in [4.69, 9.17) is 9.47 Å². The molecule has 156 valence electrons. The molecule has 2 unspecified atom stereocenters. The average Bonchev–Trinajstić information content (AvgIpc) is 3.24. The van der Waals surface area contributed by atoms with Gasteiger partial charge < -0.3 is 14.8 Å². The molecule has 0 saturated carbocycles. The third-order valence-corrected chi connectivity index (χ3v) is 4.97. The number of carbonyl (C=O) groups excluding carboxylic acids is 1. The van der Waals surface area contributed by atoms with E-state index in [1.807, 2.05) is 43.3 Å². The summed E-state index contributed by atoms with van der Waals surface area (Å²) >= 11 is 0. The van der Waals surface area contributed by atoms with Crippen LogP contribution in [0.3, 0.4) is 0 Å². The molecule has 0 spiro atoms. The fourth-order valence-electron chi connectivity index (χ4n) is 3.26. The van der Waals surface area contributed by atoms with Crippen molar-refractivity contribution in [2.45, 2.75) is 51.7 Å². The Kier molecular flexibility index (Phi) is 7.90. The summed E-state index contributed by atoms with van der Waals surface area (Å²) in [5, 5.41) is 3.00. The van der Waals surface area contributed by atoms with E-state index in [-0.39, 0.29) is 18.0 Å². The highest BCUT2D eigenvalue weighted by atomic mass is 16.5. The maximum Gasteiger partial charge on any atom is 0.238 e. The summed E-state index contributed by atoms with van der Waals surface area (Å²) in [5.74, 6) is 1.72. The van der Waals surface area contributed by atoms with Gasteiger partial charge in [-0.3, -0.25) is 4.79 Å². The maximum absolute atomic E-state index is 12.5. The molecule has 1 fully saturated rings. The zero-order chi connectivity index (χ0) is 20.5. The second-order valence-electron chi connectivity index (χ2n) is 7.20. The van der Waals surface area contributed by atoms with Crippen LogP contribution in [0.2, 0.25) is 0 Å². The Bertz CT molecular complexity index is 762. The summed E-state index contributed by atoms with van der Waals surface area (Å²) in [6, 6.07) is 15.7. The number of hydrogen-bond acceptors (Lipinski definition) is 5. The topological polar surface area (TPSA) is 71.6 Å². The lowest BCUT2D eigenvalue weighted by atomic mass is 10.0. The van der Waals surface area contributed by atoms with Crippen molar-refractivity contribution < 1.29 is 14.3 Å². The molecule has 1 aliphatic heterocycles. The first-order chi connectivity index (χ1) is 14.2. The lowest BCUT2D eigenvalue weighted by molar-refractivity contribution is -0.123. The van der Waals surface area contributed by atoms with Crippen molar-refractivity contribution in [3.05, 3.63) is 59.7 Å². The van der Waals surface area contributed by atoms with Crippen LogP contribution >= 0.6 is 0 Å². The molecule has 0 aromatic heterocycles. The van der Waals surface area contributed by atoms with Crippen LogP contribution in [0.4, 0.5) is 0 Å². The molecular weight excluding hydrogens is 366 g/mol. The number of unbranched alkanes of at least 4 members (excludes halogenated alkanes) is 1. The van der Waals surface area contributed by atoms with E-state index in [1.165, 1.54) is 0 Å². The molecule has 6 nitrogen and oxygen atoms in total. The van der Waals surface area contributed by atoms with Crippen molar-refractivity contribution in [2.24, 2.45) is 0 Å². The number of benzene rings is 2. The second kappa shape index (κ2) is 10.8. The summed E-state index contributed by atoms with van der Waals surface area (Å²) in [7, 11) is 0. The molecule has 0 aliphatic carbocycles. The standard InChI is InChI=1S/C23H31N3O3/c1-3-5-14-29-20-12-8-18(9-13-20)21-15-22(26-25-21)23(27)24-16-17-6-10-19(11-7-17)28-4-2/h6-13,21-22,25-26H,3-5,14-16H2,1-2H3,(H,24,27). The van der Waals surface area contributed by atoms with E-state index in [1.54, 1.807) is 0 Å². The lowest BCUT2D eigenvalue weighted by Gasteiger charge is -2.12. The summed E-state index contributed by atoms with van der Waals surface area (Å²) in [6.45, 7) is 6.00. The maximum atomic E-state index is 12.5. The monoisotopic (exact) mass is 397 g/mol. The summed E-state index contributed by atoms with van der Waals surface area (Å²) in [4.78, 5) is 12.5. The van der Waals surface area contributed by atoms with Gasteiger partial charge in [0.15, 0.2) is 0 Å². The highest BCUT2D eigenvalue weighted by molar-refractivity contribution is 5.82. The van der Waals surface area contributed by atoms with E-state index in [0.717, 1.165) is 42.1 Å². The largest absolute Gasteiger partial charge is 0.494 e. The molecule has 2 aromatic rings. The van der Waals surface area contributed by atoms with Crippen LogP contribution in [0.15, 0.2) is 48.5 Å². The number of nitrogens with one attached hydrogen (secondary N) is 3. The minimum Gasteiger partial charge on any atom is -0.494 e. The minimum atomic E-state index is -0.261. The molecule has 29 heavy (non-hydrogen) atoms. The predicted octanol–water partition coefficient (Wildman–Crippen LogP) is 3.49. The molecule has 3 N–H and O–H groups in total. The predicted molar refractivity (Wildman–Crippen MR) is 114 cm³/mol. The Morgan fingerprint density at radius 1 is 1.00 bits per heavy atom. The van der Waals surface area contributed by atoms with Gasteiger partial charge in [0.05, 0.1) is 13.2 Å². The number of ether oxygens (including phenoxy) is 2. The molecule has 2 aromatic carbocycles. The highest BCUT2D eigenvalue weighted by Gasteiger charge is 2.29. The van der Waals surface area contributed by atoms with Gasteiger partial charge in [-0.15, -0.1) is 0 Å². The Morgan fingerprint density at radius 3 is 2.38 bits per heavy atom. The quantitative estimate of drug-likeness (QED) is 0.536. The Labute approximate surface area is 173 Å². The van der Waals surface area contributed by atoms with E-state index in [0.29, 0.717) is 19.6 Å². The van der Waals surface area contributed by atoms with E-state index < -0.39 is 0 Å². The number of rotatable bonds is 10. The van der Waals surface area contributed by atoms with Crippen LogP contribution in [0, 0.1) is 0 Å². The normalized spacial score (nSPS) is 18.4. The molecule has 1 saturated heterocycles. The van der Waals surface area contributed by atoms with Crippen molar-refractivity contribution in [3.8, 4) is 11.5 Å². The van der Waals surface area contributed by atoms with Crippen LogP contribution in [0.25, 0.3) is 0 Å². The number of hydrogen-bond donors (Lipinski definition) is 3. The Hall–Kier alpha value is -2.57. The SMILES string of the molecule is CCCCOc1ccc(C2CC(C(=O)NCc3ccc(OCC)cc3)NN2)cc1. The van der Waals surface area contributed by atoms with Gasteiger partial charge in [0.1, 0.15) is 17.5 Å². The van der Waals surface area contributed by atoms with Gasteiger partial charge in [0.25, 0.3) is 0 Å². The summed E-state index contributed by atoms with van der Waals surface area (Å²) in [6.07, 6.45) is 2.88. The Balaban J connectivity index is 1.45. The molecule has 1 heterocycles. The van der Waals surface area contributed by atoms with Crippen molar-refractivity contribution in [1.29, 1.82) is 0 Å². The van der Waals surface area contributed by atoms with Crippen LogP contribution < -0.4 is 25.6 Å². The molecule has 1 aliphatic rings. The highest BCUT2D eigenvalue weighted by Crippen LogP contribution is 2.24. The van der Waals surface area contributed by atoms with Crippen molar-refractivity contribution >= 4 is 5.91 Å². The van der Waals surface area contributed by atoms with Gasteiger partial charge >= 0.3 is 0 Å². The number of hydrazine groups is 1. The molecule has 0 radical (unpaired) electrons. The molecule has 0 bridgehead atoms.